The van der Waals surface area contributed by atoms with Gasteiger partial charge in [-0.25, -0.2) is 14.4 Å². The Morgan fingerprint density at radius 3 is 2.42 bits per heavy atom. The SMILES string of the molecule is CC(=O)c1cn(CC(=O)C2C[C@H](F)C[C@H]2C(=O)Nc2ccc3c(S(=O)(=O)O)cccc3c2)c2ccc(-c3cnc(C)nc3)cc12. The van der Waals surface area contributed by atoms with Gasteiger partial charge < -0.3 is 9.88 Å². The molecule has 2 aromatic heterocycles. The van der Waals surface area contributed by atoms with Gasteiger partial charge in [0.1, 0.15) is 16.9 Å². The number of carbonyl (C=O) groups excluding carboxylic acids is 3. The lowest BCUT2D eigenvalue weighted by Crippen LogP contribution is -2.31. The van der Waals surface area contributed by atoms with Crippen LogP contribution in [-0.4, -0.2) is 51.2 Å². The summed E-state index contributed by atoms with van der Waals surface area (Å²) < 4.78 is 49.4. The van der Waals surface area contributed by atoms with Crippen molar-refractivity contribution in [2.45, 2.75) is 44.3 Å². The van der Waals surface area contributed by atoms with Crippen molar-refractivity contribution >= 4 is 55.0 Å². The minimum absolute atomic E-state index is 0.0945. The van der Waals surface area contributed by atoms with Crippen LogP contribution in [0.15, 0.2) is 78.1 Å². The maximum absolute atomic E-state index is 14.7. The maximum Gasteiger partial charge on any atom is 0.295 e. The van der Waals surface area contributed by atoms with Crippen molar-refractivity contribution in [2.24, 2.45) is 11.8 Å². The molecule has 2 N–H and O–H groups in total. The van der Waals surface area contributed by atoms with Crippen molar-refractivity contribution in [1.82, 2.24) is 14.5 Å². The number of aryl methyl sites for hydroxylation is 1. The molecule has 0 bridgehead atoms. The van der Waals surface area contributed by atoms with E-state index in [2.05, 4.69) is 15.3 Å². The molecule has 1 aliphatic carbocycles. The maximum atomic E-state index is 14.7. The van der Waals surface area contributed by atoms with Crippen LogP contribution in [0, 0.1) is 18.8 Å². The summed E-state index contributed by atoms with van der Waals surface area (Å²) in [6.07, 6.45) is 3.47. The zero-order valence-electron chi connectivity index (χ0n) is 24.4. The second-order valence-corrected chi connectivity index (χ2v) is 12.8. The monoisotopic (exact) mass is 628 g/mol. The van der Waals surface area contributed by atoms with Crippen molar-refractivity contribution in [3.05, 3.63) is 84.6 Å². The van der Waals surface area contributed by atoms with E-state index in [9.17, 15) is 31.7 Å². The molecule has 5 aromatic rings. The molecule has 0 radical (unpaired) electrons. The van der Waals surface area contributed by atoms with Crippen LogP contribution in [0.25, 0.3) is 32.8 Å². The summed E-state index contributed by atoms with van der Waals surface area (Å²) in [6.45, 7) is 3.09. The second kappa shape index (κ2) is 11.6. The van der Waals surface area contributed by atoms with E-state index in [1.165, 1.54) is 31.2 Å². The number of ketones is 2. The third-order valence-corrected chi connectivity index (χ3v) is 9.25. The lowest BCUT2D eigenvalue weighted by atomic mass is 9.91. The lowest BCUT2D eigenvalue weighted by molar-refractivity contribution is -0.130. The van der Waals surface area contributed by atoms with Gasteiger partial charge in [0, 0.05) is 57.6 Å². The van der Waals surface area contributed by atoms with E-state index in [0.29, 0.717) is 33.4 Å². The predicted molar refractivity (Wildman–Crippen MR) is 166 cm³/mol. The number of hydrogen-bond donors (Lipinski definition) is 2. The minimum atomic E-state index is -4.45. The topological polar surface area (TPSA) is 148 Å². The van der Waals surface area contributed by atoms with Gasteiger partial charge in [-0.3, -0.25) is 18.9 Å². The fraction of sp³-hybridized carbons (Fsp3) is 0.242. The van der Waals surface area contributed by atoms with E-state index in [4.69, 9.17) is 0 Å². The zero-order valence-corrected chi connectivity index (χ0v) is 25.2. The van der Waals surface area contributed by atoms with Crippen LogP contribution in [0.2, 0.25) is 0 Å². The molecule has 6 rings (SSSR count). The van der Waals surface area contributed by atoms with Crippen LogP contribution in [-0.2, 0) is 26.3 Å². The first-order chi connectivity index (χ1) is 21.4. The van der Waals surface area contributed by atoms with Gasteiger partial charge in [-0.05, 0) is 68.0 Å². The van der Waals surface area contributed by atoms with Crippen LogP contribution < -0.4 is 5.32 Å². The highest BCUT2D eigenvalue weighted by Gasteiger charge is 2.43. The van der Waals surface area contributed by atoms with Gasteiger partial charge in [-0.1, -0.05) is 24.3 Å². The standard InChI is InChI=1S/C33H29FN4O6S/c1-18(39)29-16-38(30-9-6-20(11-26(29)30)22-14-35-19(2)36-15-22)17-31(40)27-12-23(34)13-28(27)33(41)37-24-7-8-25-21(10-24)4-3-5-32(25)45(42,43)44/h3-11,14-16,23,27-28H,12-13,17H2,1-2H3,(H,37,41)(H,42,43,44)/t23-,27?,28+/m0/s1. The van der Waals surface area contributed by atoms with Crippen LogP contribution in [0.3, 0.4) is 0 Å². The summed E-state index contributed by atoms with van der Waals surface area (Å²) in [4.78, 5) is 47.8. The number of anilines is 1. The minimum Gasteiger partial charge on any atom is -0.339 e. The molecule has 1 fully saturated rings. The number of alkyl halides is 1. The number of carbonyl (C=O) groups is 3. The summed E-state index contributed by atoms with van der Waals surface area (Å²) in [5.41, 5.74) is 3.02. The lowest BCUT2D eigenvalue weighted by Gasteiger charge is -2.19. The molecular weight excluding hydrogens is 599 g/mol. The van der Waals surface area contributed by atoms with Gasteiger partial charge in [0.05, 0.1) is 12.5 Å². The molecule has 45 heavy (non-hydrogen) atoms. The highest BCUT2D eigenvalue weighted by Crippen LogP contribution is 2.37. The number of nitrogens with one attached hydrogen (secondary N) is 1. The van der Waals surface area contributed by atoms with E-state index in [1.54, 1.807) is 42.2 Å². The molecule has 1 amide bonds. The van der Waals surface area contributed by atoms with E-state index >= 15 is 0 Å². The van der Waals surface area contributed by atoms with Gasteiger partial charge in [-0.2, -0.15) is 8.42 Å². The molecular formula is C33H29FN4O6S. The Kier molecular flexibility index (Phi) is 7.79. The Balaban J connectivity index is 1.24. The molecule has 3 atom stereocenters. The van der Waals surface area contributed by atoms with Crippen molar-refractivity contribution in [2.75, 3.05) is 5.32 Å². The molecule has 3 aromatic carbocycles. The fourth-order valence-electron chi connectivity index (χ4n) is 6.13. The largest absolute Gasteiger partial charge is 0.339 e. The molecule has 230 valence electrons. The van der Waals surface area contributed by atoms with Gasteiger partial charge in [0.25, 0.3) is 10.1 Å². The van der Waals surface area contributed by atoms with E-state index < -0.39 is 34.0 Å². The Morgan fingerprint density at radius 1 is 0.978 bits per heavy atom. The molecule has 12 heteroatoms. The number of hydrogen-bond acceptors (Lipinski definition) is 7. The summed E-state index contributed by atoms with van der Waals surface area (Å²) >= 11 is 0. The van der Waals surface area contributed by atoms with Crippen LogP contribution in [0.4, 0.5) is 10.1 Å². The molecule has 0 saturated heterocycles. The molecule has 2 heterocycles. The summed E-state index contributed by atoms with van der Waals surface area (Å²) in [7, 11) is -4.45. The highest BCUT2D eigenvalue weighted by molar-refractivity contribution is 7.86. The number of amides is 1. The molecule has 10 nitrogen and oxygen atoms in total. The number of fused-ring (bicyclic) bond motifs is 2. The number of nitrogens with zero attached hydrogens (tertiary/aromatic N) is 3. The van der Waals surface area contributed by atoms with Gasteiger partial charge in [-0.15, -0.1) is 0 Å². The Labute approximate surface area is 258 Å². The third-order valence-electron chi connectivity index (χ3n) is 8.34. The summed E-state index contributed by atoms with van der Waals surface area (Å²) in [5.74, 6) is -2.19. The Hall–Kier alpha value is -4.81. The normalized spacial score (nSPS) is 18.4. The van der Waals surface area contributed by atoms with Gasteiger partial charge in [0.2, 0.25) is 5.91 Å². The van der Waals surface area contributed by atoms with Crippen LogP contribution >= 0.6 is 0 Å². The number of halogens is 1. The average molecular weight is 629 g/mol. The third kappa shape index (κ3) is 5.98. The van der Waals surface area contributed by atoms with E-state index in [1.807, 2.05) is 18.2 Å². The summed E-state index contributed by atoms with van der Waals surface area (Å²) in [5, 5.41) is 4.14. The molecule has 0 spiro atoms. The van der Waals surface area contributed by atoms with Crippen molar-refractivity contribution in [3.8, 4) is 11.1 Å². The first-order valence-electron chi connectivity index (χ1n) is 14.3. The number of Topliss-reactive ketones (excluding diaryl/α,β-unsaturated/α-hetero) is 2. The predicted octanol–water partition coefficient (Wildman–Crippen LogP) is 5.58. The quantitative estimate of drug-likeness (QED) is 0.167. The van der Waals surface area contributed by atoms with Gasteiger partial charge in [0.15, 0.2) is 11.6 Å². The smallest absolute Gasteiger partial charge is 0.295 e. The number of aromatic nitrogens is 3. The molecule has 0 aliphatic heterocycles. The van der Waals surface area contributed by atoms with Crippen molar-refractivity contribution in [3.63, 3.8) is 0 Å². The van der Waals surface area contributed by atoms with Crippen LogP contribution in [0.1, 0.15) is 35.9 Å². The van der Waals surface area contributed by atoms with Gasteiger partial charge >= 0.3 is 0 Å². The van der Waals surface area contributed by atoms with Crippen molar-refractivity contribution < 1.29 is 31.7 Å². The summed E-state index contributed by atoms with van der Waals surface area (Å²) in [6, 6.07) is 14.4. The first kappa shape index (κ1) is 30.2. The number of rotatable bonds is 8. The molecule has 1 aliphatic rings. The molecule has 1 unspecified atom stereocenters. The Bertz CT molecular complexity index is 2110. The fourth-order valence-corrected chi connectivity index (χ4v) is 6.84. The van der Waals surface area contributed by atoms with E-state index in [-0.39, 0.29) is 41.2 Å². The van der Waals surface area contributed by atoms with Crippen molar-refractivity contribution in [1.29, 1.82) is 0 Å². The Morgan fingerprint density at radius 2 is 1.71 bits per heavy atom. The van der Waals surface area contributed by atoms with Crippen LogP contribution in [0.5, 0.6) is 0 Å². The first-order valence-corrected chi connectivity index (χ1v) is 15.7. The zero-order chi connectivity index (χ0) is 32.0. The number of benzene rings is 3. The van der Waals surface area contributed by atoms with E-state index in [0.717, 1.165) is 11.1 Å². The average Bonchev–Trinajstić information content (AvgIpc) is 3.57. The molecule has 1 saturated carbocycles. The second-order valence-electron chi connectivity index (χ2n) is 11.4. The highest BCUT2D eigenvalue weighted by atomic mass is 32.2.